The van der Waals surface area contributed by atoms with Crippen LogP contribution in [0.2, 0.25) is 0 Å². The molecule has 4 heterocycles. The summed E-state index contributed by atoms with van der Waals surface area (Å²) in [6.45, 7) is 3.45. The van der Waals surface area contributed by atoms with Gasteiger partial charge in [0.1, 0.15) is 11.6 Å². The number of fused-ring (bicyclic) bond motifs is 1. The van der Waals surface area contributed by atoms with Crippen molar-refractivity contribution in [3.8, 4) is 5.95 Å². The van der Waals surface area contributed by atoms with Gasteiger partial charge in [0.25, 0.3) is 11.5 Å². The van der Waals surface area contributed by atoms with E-state index in [2.05, 4.69) is 15.2 Å². The van der Waals surface area contributed by atoms with Gasteiger partial charge in [-0.15, -0.1) is 5.10 Å². The lowest BCUT2D eigenvalue weighted by Crippen LogP contribution is -2.54. The number of aromatic nitrogens is 5. The van der Waals surface area contributed by atoms with Gasteiger partial charge in [-0.3, -0.25) is 19.5 Å². The first-order chi connectivity index (χ1) is 14.2. The Balaban J connectivity index is 1.52. The molecule has 9 nitrogen and oxygen atoms in total. The molecule has 0 bridgehead atoms. The maximum absolute atomic E-state index is 12.9. The number of amides is 1. The molecule has 0 aromatic carbocycles. The molecule has 1 amide bonds. The zero-order valence-corrected chi connectivity index (χ0v) is 16.3. The number of alkyl halides is 3. The molecule has 0 saturated carbocycles. The van der Waals surface area contributed by atoms with Crippen molar-refractivity contribution in [3.63, 3.8) is 0 Å². The molecular weight excluding hydrogens is 403 g/mol. The fraction of sp³-hybridized carbons (Fsp3) is 0.444. The summed E-state index contributed by atoms with van der Waals surface area (Å²) in [4.78, 5) is 30.5. The number of nitrogens with zero attached hydrogens (tertiary/aromatic N) is 6. The molecular formula is C18H20F3N7O2. The van der Waals surface area contributed by atoms with Gasteiger partial charge >= 0.3 is 6.18 Å². The van der Waals surface area contributed by atoms with Gasteiger partial charge in [0.05, 0.1) is 17.5 Å². The number of halogens is 3. The van der Waals surface area contributed by atoms with Gasteiger partial charge < -0.3 is 4.90 Å². The number of piperazine rings is 1. The molecule has 1 aliphatic heterocycles. The average molecular weight is 423 g/mol. The second kappa shape index (κ2) is 7.27. The summed E-state index contributed by atoms with van der Waals surface area (Å²) in [6, 6.07) is 1.76. The third-order valence-corrected chi connectivity index (χ3v) is 5.45. The highest BCUT2D eigenvalue weighted by Gasteiger charge is 2.41. The van der Waals surface area contributed by atoms with E-state index in [0.29, 0.717) is 16.8 Å². The van der Waals surface area contributed by atoms with E-state index in [1.807, 2.05) is 0 Å². The van der Waals surface area contributed by atoms with Crippen molar-refractivity contribution in [1.29, 1.82) is 0 Å². The number of carbonyl (C=O) groups is 1. The highest BCUT2D eigenvalue weighted by molar-refractivity contribution is 5.95. The van der Waals surface area contributed by atoms with Crippen LogP contribution in [0.25, 0.3) is 11.5 Å². The Bertz CT molecular complexity index is 1140. The molecule has 1 unspecified atom stereocenters. The Morgan fingerprint density at radius 2 is 1.93 bits per heavy atom. The number of aromatic amines is 1. The number of rotatable bonds is 3. The summed E-state index contributed by atoms with van der Waals surface area (Å²) < 4.78 is 41.5. The Hall–Kier alpha value is -3.15. The Kier molecular flexibility index (Phi) is 4.88. The van der Waals surface area contributed by atoms with Gasteiger partial charge in [-0.25, -0.2) is 9.20 Å². The van der Waals surface area contributed by atoms with E-state index >= 15 is 0 Å². The fourth-order valence-electron chi connectivity index (χ4n) is 3.55. The number of nitrogens with one attached hydrogen (secondary N) is 1. The maximum Gasteiger partial charge on any atom is 0.403 e. The second-order valence-electron chi connectivity index (χ2n) is 7.22. The lowest BCUT2D eigenvalue weighted by molar-refractivity contribution is -0.181. The molecule has 12 heteroatoms. The molecule has 0 spiro atoms. The van der Waals surface area contributed by atoms with Gasteiger partial charge in [0, 0.05) is 32.4 Å². The van der Waals surface area contributed by atoms with Crippen LogP contribution in [0.4, 0.5) is 13.2 Å². The lowest BCUT2D eigenvalue weighted by atomic mass is 10.2. The van der Waals surface area contributed by atoms with E-state index in [1.165, 1.54) is 25.2 Å². The van der Waals surface area contributed by atoms with Crippen molar-refractivity contribution in [2.45, 2.75) is 26.1 Å². The van der Waals surface area contributed by atoms with E-state index in [9.17, 15) is 22.8 Å². The van der Waals surface area contributed by atoms with Crippen LogP contribution in [0.15, 0.2) is 29.3 Å². The van der Waals surface area contributed by atoms with Crippen LogP contribution in [-0.4, -0.2) is 78.5 Å². The van der Waals surface area contributed by atoms with Gasteiger partial charge in [0.15, 0.2) is 0 Å². The Morgan fingerprint density at radius 3 is 2.60 bits per heavy atom. The van der Waals surface area contributed by atoms with Gasteiger partial charge in [-0.1, -0.05) is 0 Å². The quantitative estimate of drug-likeness (QED) is 0.684. The number of H-pyrrole nitrogens is 1. The van der Waals surface area contributed by atoms with E-state index in [1.54, 1.807) is 25.3 Å². The van der Waals surface area contributed by atoms with Crippen LogP contribution < -0.4 is 5.56 Å². The third kappa shape index (κ3) is 3.47. The van der Waals surface area contributed by atoms with E-state index in [-0.39, 0.29) is 43.6 Å². The van der Waals surface area contributed by atoms with Gasteiger partial charge in [-0.2, -0.15) is 18.3 Å². The van der Waals surface area contributed by atoms with Crippen LogP contribution in [0.5, 0.6) is 0 Å². The van der Waals surface area contributed by atoms with E-state index in [0.717, 1.165) is 6.92 Å². The predicted molar refractivity (Wildman–Crippen MR) is 101 cm³/mol. The van der Waals surface area contributed by atoms with Crippen molar-refractivity contribution >= 4 is 11.4 Å². The molecule has 4 rings (SSSR count). The van der Waals surface area contributed by atoms with Crippen LogP contribution in [0, 0.1) is 6.92 Å². The summed E-state index contributed by atoms with van der Waals surface area (Å²) in [6.07, 6.45) is -1.29. The molecule has 1 N–H and O–H groups in total. The Labute approximate surface area is 168 Å². The van der Waals surface area contributed by atoms with Crippen LogP contribution in [0.3, 0.4) is 0 Å². The summed E-state index contributed by atoms with van der Waals surface area (Å²) in [5.74, 6) is -0.161. The molecule has 30 heavy (non-hydrogen) atoms. The minimum atomic E-state index is -4.30. The van der Waals surface area contributed by atoms with E-state index < -0.39 is 12.2 Å². The molecule has 0 aliphatic carbocycles. The molecule has 1 aliphatic rings. The topological polar surface area (TPSA) is 91.5 Å². The number of carbonyl (C=O) groups excluding carboxylic acids is 1. The van der Waals surface area contributed by atoms with Crippen LogP contribution in [-0.2, 0) is 0 Å². The Morgan fingerprint density at radius 1 is 1.23 bits per heavy atom. The first-order valence-electron chi connectivity index (χ1n) is 9.39. The summed E-state index contributed by atoms with van der Waals surface area (Å²) in [5.41, 5.74) is 0.816. The largest absolute Gasteiger partial charge is 0.403 e. The van der Waals surface area contributed by atoms with Crippen LogP contribution >= 0.6 is 0 Å². The van der Waals surface area contributed by atoms with E-state index in [4.69, 9.17) is 0 Å². The van der Waals surface area contributed by atoms with Crippen molar-refractivity contribution in [2.24, 2.45) is 0 Å². The highest BCUT2D eigenvalue weighted by Crippen LogP contribution is 2.25. The second-order valence-corrected chi connectivity index (χ2v) is 7.22. The lowest BCUT2D eigenvalue weighted by Gasteiger charge is -2.38. The zero-order valence-electron chi connectivity index (χ0n) is 16.3. The minimum Gasteiger partial charge on any atom is -0.336 e. The van der Waals surface area contributed by atoms with Gasteiger partial charge in [0.2, 0.25) is 5.95 Å². The summed E-state index contributed by atoms with van der Waals surface area (Å²) in [5, 5.41) is 8.46. The molecule has 1 fully saturated rings. The SMILES string of the molecule is Cc1c(C(=O)N2CCN(C(C)C(F)(F)F)CC2)cnn1-c1nn2cccc2c(=O)[nH]1. The third-order valence-electron chi connectivity index (χ3n) is 5.45. The fourth-order valence-corrected chi connectivity index (χ4v) is 3.55. The van der Waals surface area contributed by atoms with Crippen molar-refractivity contribution < 1.29 is 18.0 Å². The highest BCUT2D eigenvalue weighted by atomic mass is 19.4. The maximum atomic E-state index is 12.9. The van der Waals surface area contributed by atoms with Crippen molar-refractivity contribution in [1.82, 2.24) is 34.2 Å². The molecule has 1 atom stereocenters. The molecule has 0 radical (unpaired) electrons. The zero-order chi connectivity index (χ0) is 21.6. The normalized spacial score (nSPS) is 16.9. The predicted octanol–water partition coefficient (Wildman–Crippen LogP) is 1.23. The number of hydrogen-bond acceptors (Lipinski definition) is 5. The van der Waals surface area contributed by atoms with Crippen LogP contribution in [0.1, 0.15) is 23.0 Å². The molecule has 3 aromatic heterocycles. The first-order valence-corrected chi connectivity index (χ1v) is 9.39. The monoisotopic (exact) mass is 423 g/mol. The summed E-state index contributed by atoms with van der Waals surface area (Å²) >= 11 is 0. The number of hydrogen-bond donors (Lipinski definition) is 1. The summed E-state index contributed by atoms with van der Waals surface area (Å²) in [7, 11) is 0. The van der Waals surface area contributed by atoms with Gasteiger partial charge in [-0.05, 0) is 26.0 Å². The molecule has 3 aromatic rings. The van der Waals surface area contributed by atoms with Crippen molar-refractivity contribution in [3.05, 3.63) is 46.1 Å². The first kappa shape index (κ1) is 20.1. The standard InChI is InChI=1S/C18H20F3N7O2/c1-11-13(16(30)26-8-6-25(7-9-26)12(2)18(19,20)21)10-22-28(11)17-23-15(29)14-4-3-5-27(14)24-17/h3-5,10,12H,6-9H2,1-2H3,(H,23,24,29). The molecule has 1 saturated heterocycles. The molecule has 160 valence electrons. The van der Waals surface area contributed by atoms with Crippen molar-refractivity contribution in [2.75, 3.05) is 26.2 Å². The minimum absolute atomic E-state index is 0.138. The smallest absolute Gasteiger partial charge is 0.336 e. The average Bonchev–Trinajstić information content (AvgIpc) is 3.33.